The molecule has 2 amide bonds. The van der Waals surface area contributed by atoms with Gasteiger partial charge in [-0.15, -0.1) is 0 Å². The van der Waals surface area contributed by atoms with E-state index < -0.39 is 17.7 Å². The van der Waals surface area contributed by atoms with Crippen molar-refractivity contribution in [1.82, 2.24) is 14.5 Å². The number of nitrogens with zero attached hydrogens (tertiary/aromatic N) is 4. The Morgan fingerprint density at radius 1 is 1.21 bits per heavy atom. The predicted molar refractivity (Wildman–Crippen MR) is 104 cm³/mol. The van der Waals surface area contributed by atoms with Gasteiger partial charge in [0.25, 0.3) is 0 Å². The van der Waals surface area contributed by atoms with E-state index in [-0.39, 0.29) is 23.9 Å². The number of rotatable bonds is 4. The van der Waals surface area contributed by atoms with Crippen LogP contribution in [0.25, 0.3) is 11.0 Å². The van der Waals surface area contributed by atoms with Gasteiger partial charge in [-0.05, 0) is 25.5 Å². The van der Waals surface area contributed by atoms with Crippen molar-refractivity contribution in [2.75, 3.05) is 18.5 Å². The number of amides is 2. The molecular weight excluding hydrogens is 378 g/mol. The summed E-state index contributed by atoms with van der Waals surface area (Å²) in [6.45, 7) is 2.09. The van der Waals surface area contributed by atoms with Crippen molar-refractivity contribution in [2.24, 2.45) is 0 Å². The highest BCUT2D eigenvalue weighted by Crippen LogP contribution is 2.25. The summed E-state index contributed by atoms with van der Waals surface area (Å²) in [5, 5.41) is 0. The van der Waals surface area contributed by atoms with E-state index in [4.69, 9.17) is 0 Å². The molecule has 1 fully saturated rings. The van der Waals surface area contributed by atoms with Crippen LogP contribution in [-0.4, -0.2) is 45.9 Å². The number of hydrogen-bond acceptors (Lipinski definition) is 3. The third kappa shape index (κ3) is 3.35. The summed E-state index contributed by atoms with van der Waals surface area (Å²) in [5.41, 5.74) is 1.42. The maximum absolute atomic E-state index is 13.7. The van der Waals surface area contributed by atoms with Crippen LogP contribution < -0.4 is 4.90 Å². The second-order valence-electron chi connectivity index (χ2n) is 7.13. The lowest BCUT2D eigenvalue weighted by Gasteiger charge is -2.24. The van der Waals surface area contributed by atoms with Crippen LogP contribution in [0.5, 0.6) is 0 Å². The van der Waals surface area contributed by atoms with Crippen molar-refractivity contribution in [1.29, 1.82) is 0 Å². The molecule has 3 aromatic rings. The maximum Gasteiger partial charge on any atom is 0.249 e. The molecule has 0 spiro atoms. The first-order chi connectivity index (χ1) is 13.9. The Kier molecular flexibility index (Phi) is 4.77. The van der Waals surface area contributed by atoms with Crippen molar-refractivity contribution >= 4 is 28.5 Å². The number of hydrogen-bond donors (Lipinski definition) is 0. The Morgan fingerprint density at radius 2 is 1.90 bits per heavy atom. The van der Waals surface area contributed by atoms with E-state index in [1.54, 1.807) is 18.9 Å². The van der Waals surface area contributed by atoms with Gasteiger partial charge in [0.2, 0.25) is 11.8 Å². The molecule has 1 aliphatic heterocycles. The molecule has 0 saturated carbocycles. The second kappa shape index (κ2) is 7.27. The molecule has 0 aliphatic carbocycles. The molecule has 0 unspecified atom stereocenters. The minimum atomic E-state index is -0.996. The lowest BCUT2D eigenvalue weighted by atomic mass is 10.2. The minimum Gasteiger partial charge on any atom is -0.332 e. The average Bonchev–Trinajstić information content (AvgIpc) is 3.22. The van der Waals surface area contributed by atoms with E-state index in [0.29, 0.717) is 24.3 Å². The third-order valence-electron chi connectivity index (χ3n) is 5.38. The number of aryl methyl sites for hydroxylation is 1. The molecule has 1 saturated heterocycles. The van der Waals surface area contributed by atoms with Gasteiger partial charge in [0.15, 0.2) is 11.6 Å². The largest absolute Gasteiger partial charge is 0.332 e. The number of carbonyl (C=O) groups is 2. The van der Waals surface area contributed by atoms with Gasteiger partial charge in [0.1, 0.15) is 18.4 Å². The van der Waals surface area contributed by atoms with Crippen molar-refractivity contribution in [3.8, 4) is 0 Å². The zero-order valence-corrected chi connectivity index (χ0v) is 16.1. The van der Waals surface area contributed by atoms with Gasteiger partial charge in [0, 0.05) is 31.4 Å². The molecule has 1 atom stereocenters. The highest BCUT2D eigenvalue weighted by Gasteiger charge is 2.37. The predicted octanol–water partition coefficient (Wildman–Crippen LogP) is 2.89. The summed E-state index contributed by atoms with van der Waals surface area (Å²) in [6.07, 6.45) is 0.527. The minimum absolute atomic E-state index is 0.112. The number of para-hydroxylation sites is 1. The van der Waals surface area contributed by atoms with Crippen LogP contribution in [-0.2, 0) is 16.1 Å². The van der Waals surface area contributed by atoms with Crippen LogP contribution in [0, 0.1) is 18.6 Å². The van der Waals surface area contributed by atoms with Crippen LogP contribution in [0.15, 0.2) is 42.5 Å². The molecule has 2 aromatic carbocycles. The maximum atomic E-state index is 13.7. The summed E-state index contributed by atoms with van der Waals surface area (Å²) in [4.78, 5) is 33.0. The van der Waals surface area contributed by atoms with Crippen LogP contribution in [0.4, 0.5) is 14.5 Å². The number of benzene rings is 2. The Morgan fingerprint density at radius 3 is 2.62 bits per heavy atom. The Bertz CT molecular complexity index is 1100. The summed E-state index contributed by atoms with van der Waals surface area (Å²) < 4.78 is 28.7. The smallest absolute Gasteiger partial charge is 0.249 e. The van der Waals surface area contributed by atoms with E-state index in [1.807, 2.05) is 30.3 Å². The lowest BCUT2D eigenvalue weighted by Crippen LogP contribution is -2.44. The molecule has 4 rings (SSSR count). The molecule has 1 aromatic heterocycles. The topological polar surface area (TPSA) is 58.4 Å². The Hall–Kier alpha value is -3.29. The molecule has 6 nitrogen and oxygen atoms in total. The number of imidazole rings is 1. The van der Waals surface area contributed by atoms with Gasteiger partial charge in [-0.1, -0.05) is 18.2 Å². The van der Waals surface area contributed by atoms with Crippen molar-refractivity contribution < 1.29 is 18.4 Å². The fourth-order valence-corrected chi connectivity index (χ4v) is 3.75. The van der Waals surface area contributed by atoms with E-state index in [2.05, 4.69) is 4.98 Å². The Labute approximate surface area is 166 Å². The van der Waals surface area contributed by atoms with E-state index in [1.165, 1.54) is 9.47 Å². The molecule has 0 bridgehead atoms. The van der Waals surface area contributed by atoms with Crippen LogP contribution >= 0.6 is 0 Å². The average molecular weight is 398 g/mol. The van der Waals surface area contributed by atoms with Gasteiger partial charge >= 0.3 is 0 Å². The number of likely N-dealkylation sites (N-methyl/N-ethyl adjacent to an activating group) is 1. The van der Waals surface area contributed by atoms with Gasteiger partial charge < -0.3 is 14.4 Å². The molecule has 29 heavy (non-hydrogen) atoms. The second-order valence-corrected chi connectivity index (χ2v) is 7.13. The van der Waals surface area contributed by atoms with Gasteiger partial charge in [-0.25, -0.2) is 13.8 Å². The van der Waals surface area contributed by atoms with Gasteiger partial charge in [-0.2, -0.15) is 0 Å². The number of aromatic nitrogens is 2. The monoisotopic (exact) mass is 398 g/mol. The van der Waals surface area contributed by atoms with Crippen LogP contribution in [0.2, 0.25) is 0 Å². The summed E-state index contributed by atoms with van der Waals surface area (Å²) in [5.74, 6) is -1.94. The van der Waals surface area contributed by atoms with Crippen molar-refractivity contribution in [3.05, 3.63) is 59.9 Å². The van der Waals surface area contributed by atoms with Crippen molar-refractivity contribution in [2.45, 2.75) is 25.9 Å². The molecule has 2 heterocycles. The lowest BCUT2D eigenvalue weighted by molar-refractivity contribution is -0.137. The SMILES string of the molecule is Cc1nc2cc(F)c(F)cc2n1CC(=O)N(C)[C@@H]1CCN(c2ccccc2)C1=O. The molecule has 0 radical (unpaired) electrons. The van der Waals surface area contributed by atoms with E-state index in [0.717, 1.165) is 17.8 Å². The van der Waals surface area contributed by atoms with E-state index in [9.17, 15) is 18.4 Å². The Balaban J connectivity index is 1.54. The zero-order valence-electron chi connectivity index (χ0n) is 16.1. The molecule has 1 aliphatic rings. The van der Waals surface area contributed by atoms with Crippen molar-refractivity contribution in [3.63, 3.8) is 0 Å². The number of anilines is 1. The van der Waals surface area contributed by atoms with E-state index >= 15 is 0 Å². The summed E-state index contributed by atoms with van der Waals surface area (Å²) in [6, 6.07) is 10.8. The zero-order chi connectivity index (χ0) is 20.7. The third-order valence-corrected chi connectivity index (χ3v) is 5.38. The molecule has 0 N–H and O–H groups in total. The molecule has 8 heteroatoms. The molecule has 150 valence electrons. The fourth-order valence-electron chi connectivity index (χ4n) is 3.75. The summed E-state index contributed by atoms with van der Waals surface area (Å²) >= 11 is 0. The number of carbonyl (C=O) groups excluding carboxylic acids is 2. The first-order valence-electron chi connectivity index (χ1n) is 9.31. The van der Waals surface area contributed by atoms with Gasteiger partial charge in [0.05, 0.1) is 11.0 Å². The summed E-state index contributed by atoms with van der Waals surface area (Å²) in [7, 11) is 1.59. The normalized spacial score (nSPS) is 16.6. The molecular formula is C21H20F2N4O2. The highest BCUT2D eigenvalue weighted by molar-refractivity contribution is 6.01. The number of halogens is 2. The van der Waals surface area contributed by atoms with Crippen LogP contribution in [0.3, 0.4) is 0 Å². The van der Waals surface area contributed by atoms with Gasteiger partial charge in [-0.3, -0.25) is 9.59 Å². The highest BCUT2D eigenvalue weighted by atomic mass is 19.2. The first kappa shape index (κ1) is 19.0. The fraction of sp³-hybridized carbons (Fsp3) is 0.286. The van der Waals surface area contributed by atoms with Crippen LogP contribution in [0.1, 0.15) is 12.2 Å². The number of fused-ring (bicyclic) bond motifs is 1. The standard InChI is InChI=1S/C21H20F2N4O2/c1-13-24-17-10-15(22)16(23)11-19(17)27(13)12-20(28)25(2)18-8-9-26(21(18)29)14-6-4-3-5-7-14/h3-7,10-11,18H,8-9,12H2,1-2H3/t18-/m1/s1. The quantitative estimate of drug-likeness (QED) is 0.679. The first-order valence-corrected chi connectivity index (χ1v) is 9.31.